The zero-order valence-corrected chi connectivity index (χ0v) is 12.5. The molecule has 1 atom stereocenters. The van der Waals surface area contributed by atoms with Crippen molar-refractivity contribution in [2.45, 2.75) is 38.8 Å². The van der Waals surface area contributed by atoms with Gasteiger partial charge in [0.05, 0.1) is 17.1 Å². The summed E-state index contributed by atoms with van der Waals surface area (Å²) in [7, 11) is 0. The third-order valence-corrected chi connectivity index (χ3v) is 3.90. The first-order valence-electron chi connectivity index (χ1n) is 6.87. The number of hydrogen-bond acceptors (Lipinski definition) is 3. The van der Waals surface area contributed by atoms with Gasteiger partial charge < -0.3 is 9.67 Å². The van der Waals surface area contributed by atoms with Gasteiger partial charge in [-0.1, -0.05) is 19.1 Å². The number of aliphatic hydroxyl groups is 1. The molecule has 1 N–H and O–H groups in total. The molecule has 104 valence electrons. The van der Waals surface area contributed by atoms with Crippen LogP contribution in [0.3, 0.4) is 0 Å². The number of fused-ring (bicyclic) bond motifs is 1. The lowest BCUT2D eigenvalue weighted by molar-refractivity contribution is 0.168. The normalized spacial score (nSPS) is 13.0. The summed E-state index contributed by atoms with van der Waals surface area (Å²) < 4.78 is 2.25. The van der Waals surface area contributed by atoms with Crippen LogP contribution in [0.5, 0.6) is 0 Å². The molecule has 0 aliphatic rings. The number of aromatic nitrogens is 2. The zero-order chi connectivity index (χ0) is 13.7. The van der Waals surface area contributed by atoms with E-state index in [0.717, 1.165) is 36.5 Å². The van der Waals surface area contributed by atoms with Gasteiger partial charge in [-0.05, 0) is 37.0 Å². The van der Waals surface area contributed by atoms with Gasteiger partial charge in [-0.15, -0.1) is 0 Å². The molecule has 3 nitrogen and oxygen atoms in total. The maximum Gasteiger partial charge on any atom is 0.112 e. The van der Waals surface area contributed by atoms with Crippen molar-refractivity contribution in [3.05, 3.63) is 30.1 Å². The molecule has 0 fully saturated rings. The fourth-order valence-electron chi connectivity index (χ4n) is 2.32. The second kappa shape index (κ2) is 6.96. The van der Waals surface area contributed by atoms with Crippen LogP contribution in [0.15, 0.2) is 24.3 Å². The Balaban J connectivity index is 2.23. The molecule has 0 spiro atoms. The smallest absolute Gasteiger partial charge is 0.112 e. The van der Waals surface area contributed by atoms with Crippen molar-refractivity contribution >= 4 is 22.8 Å². The molecule has 0 radical (unpaired) electrons. The standard InChI is InChI=1S/C15H22N2OS/c1-3-9-17-14-7-5-4-6-13(14)16-15(17)11-12(18)8-10-19-2/h4-7,12,18H,3,8-11H2,1-2H3. The Kier molecular flexibility index (Phi) is 5.28. The Bertz CT molecular complexity index is 524. The number of aliphatic hydroxyl groups excluding tert-OH is 1. The summed E-state index contributed by atoms with van der Waals surface area (Å²) in [6, 6.07) is 8.21. The Morgan fingerprint density at radius 1 is 1.37 bits per heavy atom. The molecular formula is C15H22N2OS. The Morgan fingerprint density at radius 3 is 2.89 bits per heavy atom. The minimum Gasteiger partial charge on any atom is -0.393 e. The molecule has 0 bridgehead atoms. The predicted molar refractivity (Wildman–Crippen MR) is 82.7 cm³/mol. The van der Waals surface area contributed by atoms with Crippen LogP contribution in [0.25, 0.3) is 11.0 Å². The van der Waals surface area contributed by atoms with Crippen molar-refractivity contribution < 1.29 is 5.11 Å². The first kappa shape index (κ1) is 14.4. The van der Waals surface area contributed by atoms with Crippen LogP contribution in [0.2, 0.25) is 0 Å². The van der Waals surface area contributed by atoms with Crippen LogP contribution in [0.4, 0.5) is 0 Å². The number of hydrogen-bond donors (Lipinski definition) is 1. The molecule has 1 aromatic carbocycles. The molecule has 0 aliphatic carbocycles. The van der Waals surface area contributed by atoms with E-state index in [9.17, 15) is 5.11 Å². The van der Waals surface area contributed by atoms with E-state index in [4.69, 9.17) is 0 Å². The number of para-hydroxylation sites is 2. The SMILES string of the molecule is CCCn1c(CC(O)CCSC)nc2ccccc21. The molecule has 0 amide bonds. The number of thioether (sulfide) groups is 1. The number of imidazole rings is 1. The van der Waals surface area contributed by atoms with Crippen molar-refractivity contribution in [3.8, 4) is 0 Å². The monoisotopic (exact) mass is 278 g/mol. The zero-order valence-electron chi connectivity index (χ0n) is 11.7. The average molecular weight is 278 g/mol. The van der Waals surface area contributed by atoms with Gasteiger partial charge in [0.15, 0.2) is 0 Å². The van der Waals surface area contributed by atoms with E-state index in [1.54, 1.807) is 11.8 Å². The van der Waals surface area contributed by atoms with Gasteiger partial charge in [0.1, 0.15) is 5.82 Å². The van der Waals surface area contributed by atoms with Crippen LogP contribution in [0.1, 0.15) is 25.6 Å². The van der Waals surface area contributed by atoms with Gasteiger partial charge in [0, 0.05) is 13.0 Å². The number of nitrogens with zero attached hydrogens (tertiary/aromatic N) is 2. The summed E-state index contributed by atoms with van der Waals surface area (Å²) in [6.45, 7) is 3.13. The van der Waals surface area contributed by atoms with E-state index in [-0.39, 0.29) is 6.10 Å². The molecule has 19 heavy (non-hydrogen) atoms. The third kappa shape index (κ3) is 3.51. The van der Waals surface area contributed by atoms with E-state index in [0.29, 0.717) is 6.42 Å². The van der Waals surface area contributed by atoms with Crippen molar-refractivity contribution in [2.24, 2.45) is 0 Å². The second-order valence-electron chi connectivity index (χ2n) is 4.81. The highest BCUT2D eigenvalue weighted by Crippen LogP contribution is 2.18. The molecule has 0 saturated heterocycles. The third-order valence-electron chi connectivity index (χ3n) is 3.25. The van der Waals surface area contributed by atoms with Gasteiger partial charge in [0.2, 0.25) is 0 Å². The number of benzene rings is 1. The quantitative estimate of drug-likeness (QED) is 0.845. The molecule has 1 heterocycles. The molecule has 2 aromatic rings. The maximum atomic E-state index is 10.1. The first-order chi connectivity index (χ1) is 9.26. The molecule has 1 aromatic heterocycles. The lowest BCUT2D eigenvalue weighted by Gasteiger charge is -2.11. The molecule has 0 saturated carbocycles. The summed E-state index contributed by atoms with van der Waals surface area (Å²) in [5.74, 6) is 2.01. The summed E-state index contributed by atoms with van der Waals surface area (Å²) in [5, 5.41) is 10.1. The van der Waals surface area contributed by atoms with Crippen LogP contribution >= 0.6 is 11.8 Å². The maximum absolute atomic E-state index is 10.1. The van der Waals surface area contributed by atoms with Crippen LogP contribution < -0.4 is 0 Å². The Hall–Kier alpha value is -1.00. The molecular weight excluding hydrogens is 256 g/mol. The minimum atomic E-state index is -0.292. The van der Waals surface area contributed by atoms with Crippen LogP contribution in [0, 0.1) is 0 Å². The topological polar surface area (TPSA) is 38.0 Å². The van der Waals surface area contributed by atoms with Gasteiger partial charge in [0.25, 0.3) is 0 Å². The Labute approximate surface area is 119 Å². The van der Waals surface area contributed by atoms with Gasteiger partial charge in [-0.2, -0.15) is 11.8 Å². The van der Waals surface area contributed by atoms with E-state index >= 15 is 0 Å². The summed E-state index contributed by atoms with van der Waals surface area (Å²) in [5.41, 5.74) is 2.21. The summed E-state index contributed by atoms with van der Waals surface area (Å²) in [4.78, 5) is 4.68. The summed E-state index contributed by atoms with van der Waals surface area (Å²) in [6.07, 6.45) is 4.33. The number of aryl methyl sites for hydroxylation is 1. The predicted octanol–water partition coefficient (Wildman–Crippen LogP) is 3.10. The van der Waals surface area contributed by atoms with Crippen molar-refractivity contribution in [1.29, 1.82) is 0 Å². The largest absolute Gasteiger partial charge is 0.393 e. The fraction of sp³-hybridized carbons (Fsp3) is 0.533. The van der Waals surface area contributed by atoms with E-state index in [1.807, 2.05) is 18.2 Å². The fourth-order valence-corrected chi connectivity index (χ4v) is 2.83. The second-order valence-corrected chi connectivity index (χ2v) is 5.79. The van der Waals surface area contributed by atoms with Gasteiger partial charge in [-0.25, -0.2) is 4.98 Å². The Morgan fingerprint density at radius 2 is 2.16 bits per heavy atom. The summed E-state index contributed by atoms with van der Waals surface area (Å²) >= 11 is 1.77. The lowest BCUT2D eigenvalue weighted by atomic mass is 10.2. The van der Waals surface area contributed by atoms with Crippen molar-refractivity contribution in [2.75, 3.05) is 12.0 Å². The van der Waals surface area contributed by atoms with Gasteiger partial charge in [-0.3, -0.25) is 0 Å². The molecule has 1 unspecified atom stereocenters. The van der Waals surface area contributed by atoms with Gasteiger partial charge >= 0.3 is 0 Å². The molecule has 0 aliphatic heterocycles. The van der Waals surface area contributed by atoms with Crippen molar-refractivity contribution in [3.63, 3.8) is 0 Å². The molecule has 2 rings (SSSR count). The van der Waals surface area contributed by atoms with E-state index in [1.165, 1.54) is 5.52 Å². The van der Waals surface area contributed by atoms with E-state index in [2.05, 4.69) is 28.8 Å². The highest BCUT2D eigenvalue weighted by molar-refractivity contribution is 7.98. The van der Waals surface area contributed by atoms with Crippen molar-refractivity contribution in [1.82, 2.24) is 9.55 Å². The molecule has 4 heteroatoms. The van der Waals surface area contributed by atoms with Crippen LogP contribution in [-0.4, -0.2) is 32.8 Å². The number of rotatable bonds is 7. The van der Waals surface area contributed by atoms with E-state index < -0.39 is 0 Å². The first-order valence-corrected chi connectivity index (χ1v) is 8.26. The average Bonchev–Trinajstić information content (AvgIpc) is 2.75. The van der Waals surface area contributed by atoms with Crippen LogP contribution in [-0.2, 0) is 13.0 Å². The highest BCUT2D eigenvalue weighted by Gasteiger charge is 2.13. The lowest BCUT2D eigenvalue weighted by Crippen LogP contribution is -2.15. The minimum absolute atomic E-state index is 0.292. The highest BCUT2D eigenvalue weighted by atomic mass is 32.2.